The molecule has 0 unspecified atom stereocenters. The fraction of sp³-hybridized carbons (Fsp3) is 0.250. The number of halogens is 2. The Morgan fingerprint density at radius 3 is 2.64 bits per heavy atom. The maximum atomic E-state index is 10.7. The number of nitro groups is 1. The normalized spacial score (nSPS) is 9.93. The summed E-state index contributed by atoms with van der Waals surface area (Å²) in [5.74, 6) is 0.141. The maximum absolute atomic E-state index is 10.7. The zero-order chi connectivity index (χ0) is 10.7. The van der Waals surface area contributed by atoms with E-state index in [2.05, 4.69) is 0 Å². The highest BCUT2D eigenvalue weighted by molar-refractivity contribution is 6.32. The zero-order valence-electron chi connectivity index (χ0n) is 7.29. The molecule has 0 radical (unpaired) electrons. The molecule has 4 nitrogen and oxygen atoms in total. The summed E-state index contributed by atoms with van der Waals surface area (Å²) in [6.45, 7) is 0. The molecule has 0 aliphatic carbocycles. The molecule has 0 bridgehead atoms. The molecule has 6 heteroatoms. The zero-order valence-corrected chi connectivity index (χ0v) is 8.80. The number of nitrogens with zero attached hydrogens (tertiary/aromatic N) is 1. The lowest BCUT2D eigenvalue weighted by atomic mass is 10.2. The minimum atomic E-state index is -0.553. The van der Waals surface area contributed by atoms with Gasteiger partial charge < -0.3 is 4.74 Å². The Hall–Kier alpha value is -1.00. The molecule has 0 aromatic heterocycles. The van der Waals surface area contributed by atoms with Crippen LogP contribution in [0.4, 0.5) is 5.69 Å². The van der Waals surface area contributed by atoms with Gasteiger partial charge in [0.15, 0.2) is 5.75 Å². The standard InChI is InChI=1S/C8H7Cl2NO3/c1-14-7-3-2-6(10)5(4-9)8(7)11(12)13/h2-3H,4H2,1H3. The van der Waals surface area contributed by atoms with Gasteiger partial charge in [0.25, 0.3) is 0 Å². The lowest BCUT2D eigenvalue weighted by Crippen LogP contribution is -1.98. The third-order valence-electron chi connectivity index (χ3n) is 1.72. The molecule has 0 amide bonds. The second kappa shape index (κ2) is 4.48. The molecule has 1 aromatic carbocycles. The molecular formula is C8H7Cl2NO3. The second-order valence-corrected chi connectivity index (χ2v) is 3.14. The van der Waals surface area contributed by atoms with Crippen LogP contribution in [0.3, 0.4) is 0 Å². The van der Waals surface area contributed by atoms with E-state index in [-0.39, 0.29) is 27.9 Å². The van der Waals surface area contributed by atoms with E-state index in [4.69, 9.17) is 27.9 Å². The van der Waals surface area contributed by atoms with Gasteiger partial charge in [-0.3, -0.25) is 10.1 Å². The number of alkyl halides is 1. The van der Waals surface area contributed by atoms with Gasteiger partial charge in [-0.1, -0.05) is 11.6 Å². The molecule has 0 saturated heterocycles. The molecule has 76 valence electrons. The predicted octanol–water partition coefficient (Wildman–Crippen LogP) is 3.00. The van der Waals surface area contributed by atoms with Gasteiger partial charge in [0.1, 0.15) is 0 Å². The van der Waals surface area contributed by atoms with Crippen LogP contribution in [-0.2, 0) is 5.88 Å². The van der Waals surface area contributed by atoms with Gasteiger partial charge in [0.2, 0.25) is 0 Å². The molecule has 0 heterocycles. The van der Waals surface area contributed by atoms with Crippen molar-refractivity contribution in [3.63, 3.8) is 0 Å². The van der Waals surface area contributed by atoms with E-state index in [1.54, 1.807) is 0 Å². The summed E-state index contributed by atoms with van der Waals surface area (Å²) < 4.78 is 4.85. The summed E-state index contributed by atoms with van der Waals surface area (Å²) in [7, 11) is 1.36. The molecule has 1 rings (SSSR count). The first-order chi connectivity index (χ1) is 6.61. The SMILES string of the molecule is COc1ccc(Cl)c(CCl)c1[N+](=O)[O-]. The molecule has 0 atom stereocenters. The smallest absolute Gasteiger partial charge is 0.316 e. The molecule has 0 spiro atoms. The molecule has 0 saturated carbocycles. The first-order valence-corrected chi connectivity index (χ1v) is 4.58. The van der Waals surface area contributed by atoms with E-state index in [9.17, 15) is 10.1 Å². The molecule has 1 aromatic rings. The van der Waals surface area contributed by atoms with Crippen LogP contribution in [0.15, 0.2) is 12.1 Å². The summed E-state index contributed by atoms with van der Waals surface area (Å²) in [6.07, 6.45) is 0. The number of hydrogen-bond donors (Lipinski definition) is 0. The lowest BCUT2D eigenvalue weighted by Gasteiger charge is -2.06. The fourth-order valence-electron chi connectivity index (χ4n) is 1.08. The Labute approximate surface area is 90.5 Å². The van der Waals surface area contributed by atoms with Crippen molar-refractivity contribution in [3.05, 3.63) is 32.8 Å². The second-order valence-electron chi connectivity index (χ2n) is 2.47. The maximum Gasteiger partial charge on any atom is 0.316 e. The Balaban J connectivity index is 3.43. The monoisotopic (exact) mass is 235 g/mol. The van der Waals surface area contributed by atoms with Crippen molar-refractivity contribution in [2.45, 2.75) is 5.88 Å². The molecule has 0 aliphatic rings. The van der Waals surface area contributed by atoms with Crippen LogP contribution in [0, 0.1) is 10.1 Å². The van der Waals surface area contributed by atoms with E-state index >= 15 is 0 Å². The first kappa shape index (κ1) is 11.1. The molecule has 0 N–H and O–H groups in total. The summed E-state index contributed by atoms with van der Waals surface area (Å²) in [5, 5.41) is 11.0. The van der Waals surface area contributed by atoms with E-state index in [1.807, 2.05) is 0 Å². The van der Waals surface area contributed by atoms with Crippen molar-refractivity contribution in [3.8, 4) is 5.75 Å². The number of ether oxygens (including phenoxy) is 1. The van der Waals surface area contributed by atoms with Crippen molar-refractivity contribution in [2.75, 3.05) is 7.11 Å². The first-order valence-electron chi connectivity index (χ1n) is 3.67. The van der Waals surface area contributed by atoms with Gasteiger partial charge in [-0.2, -0.15) is 0 Å². The summed E-state index contributed by atoms with van der Waals surface area (Å²) in [6, 6.07) is 2.96. The highest BCUT2D eigenvalue weighted by Gasteiger charge is 2.22. The van der Waals surface area contributed by atoms with Gasteiger partial charge in [-0.25, -0.2) is 0 Å². The number of nitro benzene ring substituents is 1. The number of rotatable bonds is 3. The van der Waals surface area contributed by atoms with Crippen LogP contribution in [0.1, 0.15) is 5.56 Å². The Morgan fingerprint density at radius 1 is 1.57 bits per heavy atom. The van der Waals surface area contributed by atoms with Crippen molar-refractivity contribution >= 4 is 28.9 Å². The van der Waals surface area contributed by atoms with E-state index < -0.39 is 4.92 Å². The summed E-state index contributed by atoms with van der Waals surface area (Å²) in [4.78, 5) is 10.2. The highest BCUT2D eigenvalue weighted by atomic mass is 35.5. The largest absolute Gasteiger partial charge is 0.490 e. The Morgan fingerprint density at radius 2 is 2.21 bits per heavy atom. The lowest BCUT2D eigenvalue weighted by molar-refractivity contribution is -0.386. The van der Waals surface area contributed by atoms with Crippen LogP contribution in [0.25, 0.3) is 0 Å². The number of benzene rings is 1. The topological polar surface area (TPSA) is 52.4 Å². The van der Waals surface area contributed by atoms with Crippen LogP contribution in [0.2, 0.25) is 5.02 Å². The fourth-order valence-corrected chi connectivity index (χ4v) is 1.64. The Kier molecular flexibility index (Phi) is 3.55. The number of hydrogen-bond acceptors (Lipinski definition) is 3. The van der Waals surface area contributed by atoms with Gasteiger partial charge in [-0.15, -0.1) is 11.6 Å². The van der Waals surface area contributed by atoms with Gasteiger partial charge in [0, 0.05) is 0 Å². The van der Waals surface area contributed by atoms with E-state index in [1.165, 1.54) is 19.2 Å². The van der Waals surface area contributed by atoms with Crippen molar-refractivity contribution in [2.24, 2.45) is 0 Å². The average Bonchev–Trinajstić information content (AvgIpc) is 2.17. The van der Waals surface area contributed by atoms with E-state index in [0.717, 1.165) is 0 Å². The summed E-state index contributed by atoms with van der Waals surface area (Å²) in [5.41, 5.74) is 0.104. The van der Waals surface area contributed by atoms with Crippen LogP contribution < -0.4 is 4.74 Å². The van der Waals surface area contributed by atoms with Crippen molar-refractivity contribution < 1.29 is 9.66 Å². The van der Waals surface area contributed by atoms with E-state index in [0.29, 0.717) is 0 Å². The van der Waals surface area contributed by atoms with Crippen LogP contribution >= 0.6 is 23.2 Å². The number of methoxy groups -OCH3 is 1. The predicted molar refractivity (Wildman–Crippen MR) is 54.2 cm³/mol. The third-order valence-corrected chi connectivity index (χ3v) is 2.35. The van der Waals surface area contributed by atoms with Gasteiger partial charge in [-0.05, 0) is 12.1 Å². The summed E-state index contributed by atoms with van der Waals surface area (Å²) >= 11 is 11.3. The molecule has 14 heavy (non-hydrogen) atoms. The van der Waals surface area contributed by atoms with Gasteiger partial charge >= 0.3 is 5.69 Å². The molecular weight excluding hydrogens is 229 g/mol. The minimum absolute atomic E-state index is 0.0215. The van der Waals surface area contributed by atoms with Crippen LogP contribution in [0.5, 0.6) is 5.75 Å². The Bertz CT molecular complexity index is 368. The quantitative estimate of drug-likeness (QED) is 0.460. The molecule has 0 fully saturated rings. The molecule has 0 aliphatic heterocycles. The average molecular weight is 236 g/mol. The highest BCUT2D eigenvalue weighted by Crippen LogP contribution is 2.36. The van der Waals surface area contributed by atoms with Gasteiger partial charge in [0.05, 0.1) is 28.5 Å². The van der Waals surface area contributed by atoms with Crippen LogP contribution in [-0.4, -0.2) is 12.0 Å². The minimum Gasteiger partial charge on any atom is -0.490 e. The van der Waals surface area contributed by atoms with Crippen molar-refractivity contribution in [1.29, 1.82) is 0 Å². The van der Waals surface area contributed by atoms with Crippen molar-refractivity contribution in [1.82, 2.24) is 0 Å². The third kappa shape index (κ3) is 1.91.